The number of para-hydroxylation sites is 4. The Bertz CT molecular complexity index is 3560. The Morgan fingerprint density at radius 2 is 0.814 bits per heavy atom. The van der Waals surface area contributed by atoms with E-state index in [9.17, 15) is 0 Å². The Balaban J connectivity index is 1.20. The first-order valence-corrected chi connectivity index (χ1v) is 24.6. The van der Waals surface area contributed by atoms with Crippen LogP contribution < -0.4 is 9.80 Å². The van der Waals surface area contributed by atoms with Crippen LogP contribution in [0.2, 0.25) is 0 Å². The molecule has 11 aromatic rings. The van der Waals surface area contributed by atoms with Crippen LogP contribution in [-0.2, 0) is 16.2 Å². The second-order valence-corrected chi connectivity index (χ2v) is 20.9. The third-order valence-corrected chi connectivity index (χ3v) is 14.6. The first-order chi connectivity index (χ1) is 34.0. The minimum Gasteiger partial charge on any atom is -0.456 e. The van der Waals surface area contributed by atoms with Crippen LogP contribution in [-0.4, -0.2) is 0 Å². The first kappa shape index (κ1) is 43.2. The molecule has 10 aromatic carbocycles. The maximum Gasteiger partial charge on any atom is 0.140 e. The molecule has 0 amide bonds. The van der Waals surface area contributed by atoms with Gasteiger partial charge in [-0.2, -0.15) is 0 Å². The van der Waals surface area contributed by atoms with Crippen molar-refractivity contribution >= 4 is 66.8 Å². The minimum absolute atomic E-state index is 0.0251. The summed E-state index contributed by atoms with van der Waals surface area (Å²) in [5.41, 5.74) is 17.2. The van der Waals surface area contributed by atoms with Gasteiger partial charge in [-0.05, 0) is 122 Å². The predicted octanol–water partition coefficient (Wildman–Crippen LogP) is 18.6. The van der Waals surface area contributed by atoms with Gasteiger partial charge < -0.3 is 14.2 Å². The fraction of sp³-hybridized carbons (Fsp3) is 0.134. The molecule has 0 aliphatic heterocycles. The lowest BCUT2D eigenvalue weighted by Crippen LogP contribution is -2.29. The number of fused-ring (bicyclic) bond motifs is 9. The Hall–Kier alpha value is -8.14. The third-order valence-electron chi connectivity index (χ3n) is 14.6. The molecule has 1 aliphatic carbocycles. The van der Waals surface area contributed by atoms with E-state index >= 15 is 0 Å². The van der Waals surface area contributed by atoms with Gasteiger partial charge >= 0.3 is 0 Å². The highest BCUT2D eigenvalue weighted by atomic mass is 16.3. The van der Waals surface area contributed by atoms with Crippen LogP contribution in [0.3, 0.4) is 0 Å². The van der Waals surface area contributed by atoms with Crippen LogP contribution in [0.25, 0.3) is 43.8 Å². The van der Waals surface area contributed by atoms with Crippen LogP contribution in [0.4, 0.5) is 34.1 Å². The van der Waals surface area contributed by atoms with E-state index in [1.165, 1.54) is 44.5 Å². The molecule has 1 aliphatic rings. The van der Waals surface area contributed by atoms with Crippen molar-refractivity contribution in [2.75, 3.05) is 9.80 Å². The molecule has 0 fully saturated rings. The zero-order chi connectivity index (χ0) is 47.8. The number of benzene rings is 10. The normalized spacial score (nSPS) is 13.1. The van der Waals surface area contributed by atoms with Gasteiger partial charge in [0.25, 0.3) is 0 Å². The smallest absolute Gasteiger partial charge is 0.140 e. The van der Waals surface area contributed by atoms with Gasteiger partial charge in [0.2, 0.25) is 0 Å². The van der Waals surface area contributed by atoms with Gasteiger partial charge in [-0.3, -0.25) is 0 Å². The van der Waals surface area contributed by atoms with Crippen molar-refractivity contribution in [3.63, 3.8) is 0 Å². The summed E-state index contributed by atoms with van der Waals surface area (Å²) < 4.78 is 7.63. The molecule has 12 rings (SSSR count). The Kier molecular flexibility index (Phi) is 10.2. The average molecular weight is 905 g/mol. The summed E-state index contributed by atoms with van der Waals surface area (Å²) in [5, 5.41) is 4.53. The van der Waals surface area contributed by atoms with Crippen LogP contribution in [0.15, 0.2) is 235 Å². The number of rotatable bonds is 8. The average Bonchev–Trinajstić information content (AvgIpc) is 3.91. The van der Waals surface area contributed by atoms with Crippen molar-refractivity contribution in [1.82, 2.24) is 0 Å². The number of nitrogens with zero attached hydrogens (tertiary/aromatic N) is 2. The van der Waals surface area contributed by atoms with Gasteiger partial charge in [0.05, 0.1) is 11.1 Å². The molecule has 1 heterocycles. The SMILES string of the molecule is CC(C)(C)c1ccc(C2(c3ccc(C(C)(C)C)cc3)c3cc(N(c4ccccc4)c4ccccc4)ccc3-c3ccc4c(oc5cc(N(c6ccccc6)c6ccccc6)c6ccccc6c54)c32)cc1. The minimum atomic E-state index is -0.779. The molecule has 0 saturated heterocycles. The lowest BCUT2D eigenvalue weighted by molar-refractivity contribution is 0.588. The summed E-state index contributed by atoms with van der Waals surface area (Å²) >= 11 is 0. The lowest BCUT2D eigenvalue weighted by Gasteiger charge is -2.35. The van der Waals surface area contributed by atoms with E-state index in [0.29, 0.717) is 0 Å². The van der Waals surface area contributed by atoms with E-state index in [1.54, 1.807) is 0 Å². The molecule has 3 nitrogen and oxygen atoms in total. The summed E-state index contributed by atoms with van der Waals surface area (Å²) in [6.07, 6.45) is 0. The van der Waals surface area contributed by atoms with Crippen LogP contribution >= 0.6 is 0 Å². The summed E-state index contributed by atoms with van der Waals surface area (Å²) in [5.74, 6) is 0. The predicted molar refractivity (Wildman–Crippen MR) is 295 cm³/mol. The van der Waals surface area contributed by atoms with Crippen molar-refractivity contribution in [3.05, 3.63) is 264 Å². The molecule has 0 radical (unpaired) electrons. The molecule has 0 spiro atoms. The maximum absolute atomic E-state index is 7.63. The summed E-state index contributed by atoms with van der Waals surface area (Å²) in [7, 11) is 0. The van der Waals surface area contributed by atoms with Crippen molar-refractivity contribution < 1.29 is 4.42 Å². The third kappa shape index (κ3) is 6.94. The number of hydrogen-bond acceptors (Lipinski definition) is 3. The van der Waals surface area contributed by atoms with E-state index in [0.717, 1.165) is 66.8 Å². The number of hydrogen-bond donors (Lipinski definition) is 0. The molecule has 340 valence electrons. The lowest BCUT2D eigenvalue weighted by atomic mass is 9.66. The highest BCUT2D eigenvalue weighted by Crippen LogP contribution is 2.61. The van der Waals surface area contributed by atoms with Crippen LogP contribution in [0.5, 0.6) is 0 Å². The second-order valence-electron chi connectivity index (χ2n) is 20.9. The molecule has 0 bridgehead atoms. The van der Waals surface area contributed by atoms with Gasteiger partial charge in [0.15, 0.2) is 0 Å². The van der Waals surface area contributed by atoms with Crippen molar-refractivity contribution in [1.29, 1.82) is 0 Å². The van der Waals surface area contributed by atoms with Crippen molar-refractivity contribution in [3.8, 4) is 11.1 Å². The van der Waals surface area contributed by atoms with E-state index < -0.39 is 5.41 Å². The quantitative estimate of drug-likeness (QED) is 0.151. The summed E-state index contributed by atoms with van der Waals surface area (Å²) in [6, 6.07) is 84.7. The van der Waals surface area contributed by atoms with Gasteiger partial charge in [-0.25, -0.2) is 0 Å². The zero-order valence-corrected chi connectivity index (χ0v) is 40.7. The molecule has 70 heavy (non-hydrogen) atoms. The van der Waals surface area contributed by atoms with E-state index in [1.807, 2.05) is 0 Å². The number of furan rings is 1. The monoisotopic (exact) mass is 904 g/mol. The fourth-order valence-electron chi connectivity index (χ4n) is 11.2. The van der Waals surface area contributed by atoms with Gasteiger partial charge in [-0.1, -0.05) is 199 Å². The summed E-state index contributed by atoms with van der Waals surface area (Å²) in [4.78, 5) is 4.74. The Labute approximate surface area is 411 Å². The molecule has 1 aromatic heterocycles. The molecular formula is C67H56N2O. The standard InChI is InChI=1S/C67H56N2O/c1-65(2,3)45-31-35-47(36-32-45)67(48-37-33-46(34-38-48)66(4,5)6)59-43-53(68(49-21-11-7-12-22-49)50-23-13-8-14-24-50)39-40-54(59)57-41-42-58-62-56-30-20-19-29-55(56)60(44-61(62)70-64(58)63(57)67)69(51-25-15-9-16-26-51)52-27-17-10-18-28-52/h7-44H,1-6H3. The van der Waals surface area contributed by atoms with Crippen LogP contribution in [0, 0.1) is 0 Å². The molecule has 0 unspecified atom stereocenters. The number of anilines is 6. The van der Waals surface area contributed by atoms with E-state index in [2.05, 4.69) is 282 Å². The summed E-state index contributed by atoms with van der Waals surface area (Å²) in [6.45, 7) is 13.8. The van der Waals surface area contributed by atoms with Crippen molar-refractivity contribution in [2.24, 2.45) is 0 Å². The van der Waals surface area contributed by atoms with Gasteiger partial charge in [0.1, 0.15) is 11.2 Å². The second kappa shape index (κ2) is 16.5. The zero-order valence-electron chi connectivity index (χ0n) is 40.7. The Morgan fingerprint density at radius 1 is 0.371 bits per heavy atom. The molecule has 0 atom stereocenters. The largest absolute Gasteiger partial charge is 0.456 e. The van der Waals surface area contributed by atoms with E-state index in [-0.39, 0.29) is 10.8 Å². The van der Waals surface area contributed by atoms with Crippen LogP contribution in [0.1, 0.15) is 74.9 Å². The molecule has 3 heteroatoms. The Morgan fingerprint density at radius 3 is 1.30 bits per heavy atom. The maximum atomic E-state index is 7.63. The highest BCUT2D eigenvalue weighted by Gasteiger charge is 2.49. The molecular weight excluding hydrogens is 849 g/mol. The van der Waals surface area contributed by atoms with Gasteiger partial charge in [0, 0.05) is 56.2 Å². The van der Waals surface area contributed by atoms with Crippen molar-refractivity contribution in [2.45, 2.75) is 57.8 Å². The first-order valence-electron chi connectivity index (χ1n) is 24.6. The molecule has 0 saturated carbocycles. The molecule has 0 N–H and O–H groups in total. The topological polar surface area (TPSA) is 19.6 Å². The van der Waals surface area contributed by atoms with Gasteiger partial charge in [-0.15, -0.1) is 0 Å². The highest BCUT2D eigenvalue weighted by molar-refractivity contribution is 6.24. The fourth-order valence-corrected chi connectivity index (χ4v) is 11.2. The van der Waals surface area contributed by atoms with E-state index in [4.69, 9.17) is 4.42 Å².